The van der Waals surface area contributed by atoms with Gasteiger partial charge in [-0.15, -0.1) is 0 Å². The van der Waals surface area contributed by atoms with Crippen LogP contribution in [0, 0.1) is 21.0 Å². The summed E-state index contributed by atoms with van der Waals surface area (Å²) in [4.78, 5) is 11.8. The van der Waals surface area contributed by atoms with Crippen LogP contribution in [0.3, 0.4) is 0 Å². The van der Waals surface area contributed by atoms with Crippen molar-refractivity contribution in [1.82, 2.24) is 0 Å². The van der Waals surface area contributed by atoms with E-state index in [1.54, 1.807) is 0 Å². The minimum atomic E-state index is -1.10. The lowest BCUT2D eigenvalue weighted by Gasteiger charge is -2.07. The Morgan fingerprint density at radius 1 is 1.00 bits per heavy atom. The van der Waals surface area contributed by atoms with E-state index >= 15 is 0 Å². The predicted molar refractivity (Wildman–Crippen MR) is 73.4 cm³/mol. The molecule has 0 radical (unpaired) electrons. The van der Waals surface area contributed by atoms with E-state index in [1.165, 1.54) is 24.3 Å². The Balaban J connectivity index is 2.23. The van der Waals surface area contributed by atoms with E-state index < -0.39 is 23.4 Å². The third-order valence-electron chi connectivity index (χ3n) is 2.36. The lowest BCUT2D eigenvalue weighted by atomic mass is 10.2. The largest absolute Gasteiger partial charge is 0.321 e. The van der Waals surface area contributed by atoms with Gasteiger partial charge in [-0.1, -0.05) is 0 Å². The van der Waals surface area contributed by atoms with Crippen molar-refractivity contribution < 1.29 is 18.0 Å². The molecule has 98 valence electrons. The van der Waals surface area contributed by atoms with Gasteiger partial charge in [-0.2, -0.15) is 0 Å². The molecule has 0 unspecified atom stereocenters. The Kier molecular flexibility index (Phi) is 4.08. The molecule has 6 heteroatoms. The predicted octanol–water partition coefficient (Wildman–Crippen LogP) is 3.96. The monoisotopic (exact) mass is 377 g/mol. The van der Waals surface area contributed by atoms with Crippen molar-refractivity contribution in [3.05, 3.63) is 63.0 Å². The molecule has 0 aliphatic carbocycles. The van der Waals surface area contributed by atoms with Crippen LogP contribution in [0.15, 0.2) is 36.4 Å². The van der Waals surface area contributed by atoms with Crippen molar-refractivity contribution in [2.75, 3.05) is 5.32 Å². The zero-order valence-electron chi connectivity index (χ0n) is 9.38. The summed E-state index contributed by atoms with van der Waals surface area (Å²) in [5.41, 5.74) is 0.385. The maximum absolute atomic E-state index is 13.0. The van der Waals surface area contributed by atoms with Crippen LogP contribution in [0.4, 0.5) is 18.9 Å². The van der Waals surface area contributed by atoms with E-state index in [0.717, 1.165) is 12.1 Å². The van der Waals surface area contributed by atoms with Crippen LogP contribution < -0.4 is 5.32 Å². The van der Waals surface area contributed by atoms with Gasteiger partial charge in [-0.25, -0.2) is 13.2 Å². The highest BCUT2D eigenvalue weighted by Gasteiger charge is 2.11. The number of carbonyl (C=O) groups is 1. The molecule has 0 atom stereocenters. The number of nitrogens with one attached hydrogen (secondary N) is 1. The molecule has 0 saturated carbocycles. The Hall–Kier alpha value is -1.57. The molecule has 0 aliphatic rings. The summed E-state index contributed by atoms with van der Waals surface area (Å²) < 4.78 is 39.2. The van der Waals surface area contributed by atoms with Gasteiger partial charge >= 0.3 is 0 Å². The molecule has 0 fully saturated rings. The molecule has 2 rings (SSSR count). The van der Waals surface area contributed by atoms with Crippen LogP contribution >= 0.6 is 22.6 Å². The quantitative estimate of drug-likeness (QED) is 0.789. The van der Waals surface area contributed by atoms with Gasteiger partial charge in [0.2, 0.25) is 0 Å². The van der Waals surface area contributed by atoms with Crippen LogP contribution in [0.1, 0.15) is 10.4 Å². The van der Waals surface area contributed by atoms with Gasteiger partial charge in [0.15, 0.2) is 11.6 Å². The van der Waals surface area contributed by atoms with Gasteiger partial charge in [0.1, 0.15) is 5.82 Å². The van der Waals surface area contributed by atoms with E-state index in [0.29, 0.717) is 9.26 Å². The van der Waals surface area contributed by atoms with Gasteiger partial charge in [0.25, 0.3) is 5.91 Å². The Bertz CT molecular complexity index is 646. The minimum absolute atomic E-state index is 0.0148. The van der Waals surface area contributed by atoms with Crippen LogP contribution in [0.5, 0.6) is 0 Å². The highest BCUT2D eigenvalue weighted by Crippen LogP contribution is 2.20. The Morgan fingerprint density at radius 3 is 2.37 bits per heavy atom. The van der Waals surface area contributed by atoms with Crippen molar-refractivity contribution in [3.8, 4) is 0 Å². The first-order chi connectivity index (χ1) is 8.97. The van der Waals surface area contributed by atoms with Crippen LogP contribution in [-0.4, -0.2) is 5.91 Å². The highest BCUT2D eigenvalue weighted by molar-refractivity contribution is 14.1. The summed E-state index contributed by atoms with van der Waals surface area (Å²) in [5.74, 6) is -3.13. The summed E-state index contributed by atoms with van der Waals surface area (Å²) in [6.07, 6.45) is 0. The van der Waals surface area contributed by atoms with Gasteiger partial charge in [0.05, 0.1) is 5.69 Å². The SMILES string of the molecule is O=C(Nc1ccc(F)cc1I)c1ccc(F)c(F)c1. The smallest absolute Gasteiger partial charge is 0.255 e. The van der Waals surface area contributed by atoms with E-state index in [2.05, 4.69) is 5.32 Å². The summed E-state index contributed by atoms with van der Waals surface area (Å²) in [7, 11) is 0. The highest BCUT2D eigenvalue weighted by atomic mass is 127. The number of rotatable bonds is 2. The number of halogens is 4. The number of amides is 1. The average Bonchev–Trinajstić information content (AvgIpc) is 2.36. The second-order valence-electron chi connectivity index (χ2n) is 3.71. The number of anilines is 1. The normalized spacial score (nSPS) is 10.3. The van der Waals surface area contributed by atoms with E-state index in [1.807, 2.05) is 22.6 Å². The average molecular weight is 377 g/mol. The summed E-state index contributed by atoms with van der Waals surface area (Å²) in [6.45, 7) is 0. The minimum Gasteiger partial charge on any atom is -0.321 e. The first kappa shape index (κ1) is 13.9. The summed E-state index contributed by atoms with van der Waals surface area (Å²) >= 11 is 1.86. The summed E-state index contributed by atoms with van der Waals surface area (Å²) in [5, 5.41) is 2.50. The first-order valence-corrected chi connectivity index (χ1v) is 6.26. The number of hydrogen-bond acceptors (Lipinski definition) is 1. The number of carbonyl (C=O) groups excluding carboxylic acids is 1. The van der Waals surface area contributed by atoms with Crippen LogP contribution in [-0.2, 0) is 0 Å². The van der Waals surface area contributed by atoms with Crippen molar-refractivity contribution in [1.29, 1.82) is 0 Å². The molecule has 1 N–H and O–H groups in total. The molecule has 0 spiro atoms. The standard InChI is InChI=1S/C13H7F3INO/c14-8-2-4-12(11(17)6-8)18-13(19)7-1-3-9(15)10(16)5-7/h1-6H,(H,18,19). The summed E-state index contributed by atoms with van der Waals surface area (Å²) in [6, 6.07) is 6.70. The van der Waals surface area contributed by atoms with E-state index in [9.17, 15) is 18.0 Å². The number of benzene rings is 2. The van der Waals surface area contributed by atoms with Crippen molar-refractivity contribution >= 4 is 34.2 Å². The molecule has 1 amide bonds. The van der Waals surface area contributed by atoms with Gasteiger partial charge in [-0.3, -0.25) is 4.79 Å². The Labute approximate surface area is 120 Å². The van der Waals surface area contributed by atoms with Crippen LogP contribution in [0.25, 0.3) is 0 Å². The Morgan fingerprint density at radius 2 is 1.74 bits per heavy atom. The van der Waals surface area contributed by atoms with Crippen molar-refractivity contribution in [2.24, 2.45) is 0 Å². The third-order valence-corrected chi connectivity index (χ3v) is 3.25. The van der Waals surface area contributed by atoms with Gasteiger partial charge in [-0.05, 0) is 59.0 Å². The molecule has 0 saturated heterocycles. The molecular formula is C13H7F3INO. The molecule has 0 aliphatic heterocycles. The fourth-order valence-corrected chi connectivity index (χ4v) is 2.03. The second kappa shape index (κ2) is 5.60. The van der Waals surface area contributed by atoms with Crippen molar-refractivity contribution in [3.63, 3.8) is 0 Å². The molecule has 0 bridgehead atoms. The molecule has 0 heterocycles. The molecule has 2 aromatic carbocycles. The third kappa shape index (κ3) is 3.25. The molecule has 2 aromatic rings. The fraction of sp³-hybridized carbons (Fsp3) is 0. The van der Waals surface area contributed by atoms with E-state index in [4.69, 9.17) is 0 Å². The van der Waals surface area contributed by atoms with Crippen molar-refractivity contribution in [2.45, 2.75) is 0 Å². The van der Waals surface area contributed by atoms with E-state index in [-0.39, 0.29) is 5.56 Å². The zero-order valence-corrected chi connectivity index (χ0v) is 11.5. The van der Waals surface area contributed by atoms with Gasteiger partial charge in [0, 0.05) is 9.13 Å². The molecule has 0 aromatic heterocycles. The molecular weight excluding hydrogens is 370 g/mol. The maximum atomic E-state index is 13.0. The zero-order chi connectivity index (χ0) is 14.0. The molecule has 19 heavy (non-hydrogen) atoms. The number of hydrogen-bond donors (Lipinski definition) is 1. The topological polar surface area (TPSA) is 29.1 Å². The lowest BCUT2D eigenvalue weighted by molar-refractivity contribution is 0.102. The first-order valence-electron chi connectivity index (χ1n) is 5.19. The maximum Gasteiger partial charge on any atom is 0.255 e. The van der Waals surface area contributed by atoms with Gasteiger partial charge < -0.3 is 5.32 Å². The fourth-order valence-electron chi connectivity index (χ4n) is 1.42. The molecule has 2 nitrogen and oxygen atoms in total. The van der Waals surface area contributed by atoms with Crippen LogP contribution in [0.2, 0.25) is 0 Å². The lowest BCUT2D eigenvalue weighted by Crippen LogP contribution is -2.13. The second-order valence-corrected chi connectivity index (χ2v) is 4.87.